The van der Waals surface area contributed by atoms with E-state index in [0.29, 0.717) is 29.7 Å². The molecule has 2 rings (SSSR count). The lowest BCUT2D eigenvalue weighted by Gasteiger charge is -2.33. The fourth-order valence-electron chi connectivity index (χ4n) is 2.27. The highest BCUT2D eigenvalue weighted by Crippen LogP contribution is 2.17. The Bertz CT molecular complexity index is 516. The minimum absolute atomic E-state index is 0.251. The van der Waals surface area contributed by atoms with E-state index in [1.54, 1.807) is 11.0 Å². The number of nitrogens with zero attached hydrogens (tertiary/aromatic N) is 2. The third-order valence-corrected chi connectivity index (χ3v) is 3.64. The van der Waals surface area contributed by atoms with Gasteiger partial charge in [0, 0.05) is 30.7 Å². The van der Waals surface area contributed by atoms with Gasteiger partial charge in [0.1, 0.15) is 5.82 Å². The Kier molecular flexibility index (Phi) is 4.75. The van der Waals surface area contributed by atoms with Crippen LogP contribution in [0.4, 0.5) is 4.39 Å². The molecule has 2 amide bonds. The molecule has 20 heavy (non-hydrogen) atoms. The van der Waals surface area contributed by atoms with Gasteiger partial charge < -0.3 is 9.80 Å². The van der Waals surface area contributed by atoms with Crippen LogP contribution in [-0.4, -0.2) is 41.2 Å². The standard InChI is InChI=1S/C14H16BrFN2O2/c1-2-3-17-4-5-18(14(20)13(17)19)9-10-6-11(15)8-12(16)7-10/h6-8H,2-5,9H2,1H3. The van der Waals surface area contributed by atoms with Crippen molar-refractivity contribution in [1.82, 2.24) is 9.80 Å². The molecule has 4 nitrogen and oxygen atoms in total. The second-order valence-electron chi connectivity index (χ2n) is 4.80. The SMILES string of the molecule is CCCN1CCN(Cc2cc(F)cc(Br)c2)C(=O)C1=O. The first-order valence-corrected chi connectivity index (χ1v) is 7.33. The van der Waals surface area contributed by atoms with E-state index >= 15 is 0 Å². The predicted molar refractivity (Wildman–Crippen MR) is 76.4 cm³/mol. The van der Waals surface area contributed by atoms with Gasteiger partial charge in [-0.1, -0.05) is 22.9 Å². The summed E-state index contributed by atoms with van der Waals surface area (Å²) < 4.78 is 13.9. The topological polar surface area (TPSA) is 40.6 Å². The van der Waals surface area contributed by atoms with Gasteiger partial charge in [0.15, 0.2) is 0 Å². The van der Waals surface area contributed by atoms with Crippen LogP contribution in [0, 0.1) is 5.82 Å². The number of rotatable bonds is 4. The molecule has 1 aliphatic heterocycles. The molecule has 0 radical (unpaired) electrons. The summed E-state index contributed by atoms with van der Waals surface area (Å²) in [6.45, 7) is 3.84. The highest BCUT2D eigenvalue weighted by atomic mass is 79.9. The van der Waals surface area contributed by atoms with Crippen LogP contribution in [0.15, 0.2) is 22.7 Å². The van der Waals surface area contributed by atoms with Crippen LogP contribution in [0.2, 0.25) is 0 Å². The summed E-state index contributed by atoms with van der Waals surface area (Å²) in [6.07, 6.45) is 0.829. The van der Waals surface area contributed by atoms with Crippen molar-refractivity contribution in [2.45, 2.75) is 19.9 Å². The number of hydrogen-bond donors (Lipinski definition) is 0. The number of hydrogen-bond acceptors (Lipinski definition) is 2. The van der Waals surface area contributed by atoms with Crippen molar-refractivity contribution in [3.05, 3.63) is 34.1 Å². The first-order chi connectivity index (χ1) is 9.51. The molecule has 0 spiro atoms. The average molecular weight is 343 g/mol. The maximum Gasteiger partial charge on any atom is 0.312 e. The summed E-state index contributed by atoms with van der Waals surface area (Å²) in [5.41, 5.74) is 0.668. The highest BCUT2D eigenvalue weighted by Gasteiger charge is 2.31. The zero-order chi connectivity index (χ0) is 14.7. The Morgan fingerprint density at radius 3 is 2.45 bits per heavy atom. The lowest BCUT2D eigenvalue weighted by Crippen LogP contribution is -2.53. The summed E-state index contributed by atoms with van der Waals surface area (Å²) >= 11 is 3.22. The van der Waals surface area contributed by atoms with E-state index in [-0.39, 0.29) is 12.4 Å². The molecule has 0 bridgehead atoms. The smallest absolute Gasteiger partial charge is 0.312 e. The van der Waals surface area contributed by atoms with Crippen molar-refractivity contribution in [3.8, 4) is 0 Å². The first-order valence-electron chi connectivity index (χ1n) is 6.54. The van der Waals surface area contributed by atoms with Gasteiger partial charge in [0.2, 0.25) is 0 Å². The molecule has 1 aliphatic rings. The van der Waals surface area contributed by atoms with Crippen LogP contribution in [0.3, 0.4) is 0 Å². The van der Waals surface area contributed by atoms with Crippen LogP contribution in [0.1, 0.15) is 18.9 Å². The lowest BCUT2D eigenvalue weighted by atomic mass is 10.2. The molecule has 0 unspecified atom stereocenters. The van der Waals surface area contributed by atoms with Crippen LogP contribution in [-0.2, 0) is 16.1 Å². The number of benzene rings is 1. The molecule has 0 saturated carbocycles. The fourth-order valence-corrected chi connectivity index (χ4v) is 2.78. The molecule has 0 aromatic heterocycles. The van der Waals surface area contributed by atoms with E-state index in [2.05, 4.69) is 15.9 Å². The molecule has 1 fully saturated rings. The molecule has 0 N–H and O–H groups in total. The number of halogens is 2. The Hall–Kier alpha value is -1.43. The van der Waals surface area contributed by atoms with Crippen molar-refractivity contribution in [2.75, 3.05) is 19.6 Å². The van der Waals surface area contributed by atoms with Gasteiger partial charge in [0.05, 0.1) is 0 Å². The molecule has 108 valence electrons. The van der Waals surface area contributed by atoms with Crippen molar-refractivity contribution in [1.29, 1.82) is 0 Å². The van der Waals surface area contributed by atoms with E-state index in [9.17, 15) is 14.0 Å². The van der Waals surface area contributed by atoms with Crippen molar-refractivity contribution in [3.63, 3.8) is 0 Å². The predicted octanol–water partition coefficient (Wildman–Crippen LogP) is 2.17. The van der Waals surface area contributed by atoms with Gasteiger partial charge in [-0.05, 0) is 30.2 Å². The van der Waals surface area contributed by atoms with Gasteiger partial charge >= 0.3 is 11.8 Å². The Balaban J connectivity index is 2.07. The van der Waals surface area contributed by atoms with E-state index in [1.807, 2.05) is 6.92 Å². The van der Waals surface area contributed by atoms with Gasteiger partial charge in [-0.2, -0.15) is 0 Å². The maximum absolute atomic E-state index is 13.3. The van der Waals surface area contributed by atoms with Crippen LogP contribution in [0.5, 0.6) is 0 Å². The van der Waals surface area contributed by atoms with Gasteiger partial charge in [-0.25, -0.2) is 4.39 Å². The monoisotopic (exact) mass is 342 g/mol. The van der Waals surface area contributed by atoms with Gasteiger partial charge in [-0.3, -0.25) is 9.59 Å². The van der Waals surface area contributed by atoms with Crippen molar-refractivity contribution < 1.29 is 14.0 Å². The zero-order valence-corrected chi connectivity index (χ0v) is 12.8. The molecule has 0 aliphatic carbocycles. The van der Waals surface area contributed by atoms with E-state index in [4.69, 9.17) is 0 Å². The third-order valence-electron chi connectivity index (χ3n) is 3.19. The Labute approximate surface area is 125 Å². The van der Waals surface area contributed by atoms with E-state index < -0.39 is 11.8 Å². The minimum atomic E-state index is -0.509. The summed E-state index contributed by atoms with van der Waals surface area (Å²) in [4.78, 5) is 27.0. The van der Waals surface area contributed by atoms with Crippen molar-refractivity contribution >= 4 is 27.7 Å². The molecule has 1 aromatic rings. The molecule has 1 aromatic carbocycles. The Morgan fingerprint density at radius 2 is 1.80 bits per heavy atom. The summed E-state index contributed by atoms with van der Waals surface area (Å²) in [7, 11) is 0. The minimum Gasteiger partial charge on any atom is -0.333 e. The second kappa shape index (κ2) is 6.35. The number of carbonyl (C=O) groups excluding carboxylic acids is 2. The fraction of sp³-hybridized carbons (Fsp3) is 0.429. The molecular formula is C14H16BrFN2O2. The normalized spacial score (nSPS) is 15.9. The summed E-state index contributed by atoms with van der Waals surface area (Å²) in [6, 6.07) is 4.48. The van der Waals surface area contributed by atoms with Crippen LogP contribution < -0.4 is 0 Å². The maximum atomic E-state index is 13.3. The number of carbonyl (C=O) groups is 2. The summed E-state index contributed by atoms with van der Waals surface area (Å²) in [5.74, 6) is -1.34. The molecule has 6 heteroatoms. The summed E-state index contributed by atoms with van der Waals surface area (Å²) in [5, 5.41) is 0. The highest BCUT2D eigenvalue weighted by molar-refractivity contribution is 9.10. The molecular weight excluding hydrogens is 327 g/mol. The second-order valence-corrected chi connectivity index (χ2v) is 5.71. The zero-order valence-electron chi connectivity index (χ0n) is 11.2. The van der Waals surface area contributed by atoms with E-state index in [1.165, 1.54) is 17.0 Å². The number of piperazine rings is 1. The van der Waals surface area contributed by atoms with Crippen LogP contribution in [0.25, 0.3) is 0 Å². The Morgan fingerprint density at radius 1 is 1.15 bits per heavy atom. The lowest BCUT2D eigenvalue weighted by molar-refractivity contribution is -0.156. The molecule has 1 saturated heterocycles. The van der Waals surface area contributed by atoms with E-state index in [0.717, 1.165) is 6.42 Å². The van der Waals surface area contributed by atoms with Crippen molar-refractivity contribution in [2.24, 2.45) is 0 Å². The largest absolute Gasteiger partial charge is 0.333 e. The van der Waals surface area contributed by atoms with Gasteiger partial charge in [-0.15, -0.1) is 0 Å². The number of amides is 2. The first kappa shape index (κ1) is 15.0. The quantitative estimate of drug-likeness (QED) is 0.787. The van der Waals surface area contributed by atoms with Crippen LogP contribution >= 0.6 is 15.9 Å². The third kappa shape index (κ3) is 3.36. The average Bonchev–Trinajstić information content (AvgIpc) is 2.37. The molecule has 1 heterocycles. The van der Waals surface area contributed by atoms with Gasteiger partial charge in [0.25, 0.3) is 0 Å². The molecule has 0 atom stereocenters.